The van der Waals surface area contributed by atoms with Gasteiger partial charge in [0, 0.05) is 33.9 Å². The number of nitrogens with one attached hydrogen (secondary N) is 2. The molecule has 0 spiro atoms. The Morgan fingerprint density at radius 3 is 2.50 bits per heavy atom. The lowest BCUT2D eigenvalue weighted by atomic mass is 9.87. The fourth-order valence-corrected chi connectivity index (χ4v) is 4.88. The fraction of sp³-hybridized carbons (Fsp3) is 0.200. The van der Waals surface area contributed by atoms with Crippen molar-refractivity contribution in [2.24, 2.45) is 5.10 Å². The average molecular weight is 523 g/mol. The zero-order valence-corrected chi connectivity index (χ0v) is 22.7. The van der Waals surface area contributed by atoms with Crippen LogP contribution in [0.15, 0.2) is 89.3 Å². The van der Waals surface area contributed by atoms with Crippen molar-refractivity contribution < 1.29 is 4.79 Å². The molecule has 1 amide bonds. The molecule has 3 aromatic carbocycles. The molecule has 5 rings (SSSR count). The number of para-hydroxylation sites is 1. The monoisotopic (exact) mass is 522 g/mol. The van der Waals surface area contributed by atoms with Crippen molar-refractivity contribution in [2.45, 2.75) is 38.3 Å². The van der Waals surface area contributed by atoms with Gasteiger partial charge in [0.25, 0.3) is 5.91 Å². The molecule has 38 heavy (non-hydrogen) atoms. The normalized spacial score (nSPS) is 11.9. The summed E-state index contributed by atoms with van der Waals surface area (Å²) in [5, 5.41) is 14.8. The number of amides is 1. The van der Waals surface area contributed by atoms with Crippen molar-refractivity contribution in [2.75, 3.05) is 5.75 Å². The lowest BCUT2D eigenvalue weighted by Crippen LogP contribution is -2.20. The number of fused-ring (bicyclic) bond motifs is 1. The smallest absolute Gasteiger partial charge is 0.250 e. The van der Waals surface area contributed by atoms with Crippen molar-refractivity contribution in [1.82, 2.24) is 25.2 Å². The lowest BCUT2D eigenvalue weighted by Gasteiger charge is -2.19. The van der Waals surface area contributed by atoms with E-state index in [0.717, 1.165) is 33.5 Å². The number of aromatic amines is 1. The molecule has 2 aromatic heterocycles. The number of rotatable bonds is 7. The molecule has 0 saturated heterocycles. The molecule has 5 aromatic rings. The first-order valence-corrected chi connectivity index (χ1v) is 13.4. The van der Waals surface area contributed by atoms with E-state index in [2.05, 4.69) is 89.8 Å². The van der Waals surface area contributed by atoms with Crippen molar-refractivity contribution in [3.63, 3.8) is 0 Å². The predicted molar refractivity (Wildman–Crippen MR) is 155 cm³/mol. The topological polar surface area (TPSA) is 88.0 Å². The van der Waals surface area contributed by atoms with Crippen LogP contribution in [-0.2, 0) is 10.2 Å². The predicted octanol–water partition coefficient (Wildman–Crippen LogP) is 6.26. The molecule has 7 nitrogen and oxygen atoms in total. The van der Waals surface area contributed by atoms with Gasteiger partial charge in [0.2, 0.25) is 0 Å². The summed E-state index contributed by atoms with van der Waals surface area (Å²) in [6.45, 7) is 8.64. The van der Waals surface area contributed by atoms with Crippen LogP contribution in [0.2, 0.25) is 0 Å². The summed E-state index contributed by atoms with van der Waals surface area (Å²) in [5.74, 6) is 0.660. The van der Waals surface area contributed by atoms with Gasteiger partial charge in [-0.05, 0) is 36.1 Å². The molecule has 0 atom stereocenters. The molecular formula is C30H30N6OS. The molecule has 0 aliphatic carbocycles. The second-order valence-corrected chi connectivity index (χ2v) is 11.1. The highest BCUT2D eigenvalue weighted by Crippen LogP contribution is 2.30. The molecule has 8 heteroatoms. The van der Waals surface area contributed by atoms with Gasteiger partial charge in [0.05, 0.1) is 12.0 Å². The second kappa shape index (κ2) is 10.7. The highest BCUT2D eigenvalue weighted by atomic mass is 32.2. The van der Waals surface area contributed by atoms with E-state index in [-0.39, 0.29) is 17.1 Å². The Morgan fingerprint density at radius 1 is 1.03 bits per heavy atom. The molecule has 0 bridgehead atoms. The fourth-order valence-electron chi connectivity index (χ4n) is 4.13. The highest BCUT2D eigenvalue weighted by Gasteiger charge is 2.19. The van der Waals surface area contributed by atoms with E-state index in [1.165, 1.54) is 22.9 Å². The zero-order valence-electron chi connectivity index (χ0n) is 21.9. The summed E-state index contributed by atoms with van der Waals surface area (Å²) in [7, 11) is 0. The summed E-state index contributed by atoms with van der Waals surface area (Å²) in [6.07, 6.45) is 3.52. The highest BCUT2D eigenvalue weighted by molar-refractivity contribution is 7.99. The van der Waals surface area contributed by atoms with E-state index in [4.69, 9.17) is 0 Å². The Morgan fingerprint density at radius 2 is 1.76 bits per heavy atom. The van der Waals surface area contributed by atoms with Gasteiger partial charge in [0.1, 0.15) is 0 Å². The number of carbonyl (C=O) groups excluding carboxylic acids is 1. The van der Waals surface area contributed by atoms with E-state index in [9.17, 15) is 4.79 Å². The number of hydrazone groups is 1. The minimum atomic E-state index is -0.222. The van der Waals surface area contributed by atoms with Crippen LogP contribution in [0.1, 0.15) is 37.5 Å². The van der Waals surface area contributed by atoms with Crippen molar-refractivity contribution >= 4 is 34.8 Å². The van der Waals surface area contributed by atoms with E-state index in [1.54, 1.807) is 6.21 Å². The molecule has 0 aliphatic heterocycles. The van der Waals surface area contributed by atoms with Gasteiger partial charge in [-0.1, -0.05) is 92.7 Å². The van der Waals surface area contributed by atoms with Crippen molar-refractivity contribution in [3.8, 4) is 17.1 Å². The molecule has 0 fully saturated rings. The second-order valence-electron chi connectivity index (χ2n) is 10.2. The number of nitrogens with zero attached hydrogens (tertiary/aromatic N) is 4. The summed E-state index contributed by atoms with van der Waals surface area (Å²) < 4.78 is 2.00. The SMILES string of the molecule is Cc1ccc(-n2c(SCC(=O)NN=Cc3c[nH]c4ccccc34)nnc2-c2ccc(C(C)(C)C)cc2)cc1. The first kappa shape index (κ1) is 25.5. The first-order chi connectivity index (χ1) is 18.3. The molecular weight excluding hydrogens is 492 g/mol. The molecule has 2 heterocycles. The number of hydrogen-bond acceptors (Lipinski definition) is 5. The van der Waals surface area contributed by atoms with Crippen LogP contribution in [-0.4, -0.2) is 37.6 Å². The number of thioether (sulfide) groups is 1. The molecule has 0 radical (unpaired) electrons. The van der Waals surface area contributed by atoms with Gasteiger partial charge in [0.15, 0.2) is 11.0 Å². The summed E-state index contributed by atoms with van der Waals surface area (Å²) in [6, 6.07) is 24.6. The van der Waals surface area contributed by atoms with Crippen molar-refractivity contribution in [3.05, 3.63) is 95.7 Å². The minimum absolute atomic E-state index is 0.0637. The molecule has 0 saturated carbocycles. The van der Waals surface area contributed by atoms with Crippen LogP contribution in [0.5, 0.6) is 0 Å². The Hall–Kier alpha value is -4.17. The maximum Gasteiger partial charge on any atom is 0.250 e. The number of benzene rings is 3. The van der Waals surface area contributed by atoms with Gasteiger partial charge < -0.3 is 4.98 Å². The van der Waals surface area contributed by atoms with Crippen molar-refractivity contribution in [1.29, 1.82) is 0 Å². The third-order valence-corrected chi connectivity index (χ3v) is 7.21. The van der Waals surface area contributed by atoms with Crippen LogP contribution in [0.3, 0.4) is 0 Å². The van der Waals surface area contributed by atoms with E-state index in [0.29, 0.717) is 5.16 Å². The lowest BCUT2D eigenvalue weighted by molar-refractivity contribution is -0.118. The van der Waals surface area contributed by atoms with Gasteiger partial charge >= 0.3 is 0 Å². The first-order valence-electron chi connectivity index (χ1n) is 12.4. The minimum Gasteiger partial charge on any atom is -0.361 e. The molecule has 192 valence electrons. The molecule has 0 unspecified atom stereocenters. The van der Waals surface area contributed by atoms with Gasteiger partial charge in [-0.2, -0.15) is 5.10 Å². The quantitative estimate of drug-likeness (QED) is 0.150. The van der Waals surface area contributed by atoms with Crippen LogP contribution in [0.4, 0.5) is 0 Å². The average Bonchev–Trinajstić information content (AvgIpc) is 3.52. The Labute approximate surface area is 226 Å². The third kappa shape index (κ3) is 5.55. The maximum absolute atomic E-state index is 12.6. The zero-order chi connectivity index (χ0) is 26.7. The summed E-state index contributed by atoms with van der Waals surface area (Å²) in [4.78, 5) is 15.8. The largest absolute Gasteiger partial charge is 0.361 e. The number of carbonyl (C=O) groups is 1. The van der Waals surface area contributed by atoms with Crippen LogP contribution < -0.4 is 5.43 Å². The number of aryl methyl sites for hydroxylation is 1. The number of H-pyrrole nitrogens is 1. The van der Waals surface area contributed by atoms with Gasteiger partial charge in [-0.3, -0.25) is 9.36 Å². The third-order valence-electron chi connectivity index (χ3n) is 6.28. The summed E-state index contributed by atoms with van der Waals surface area (Å²) >= 11 is 1.32. The standard InChI is InChI=1S/C30H30N6OS/c1-20-9-15-24(16-10-20)36-28(21-11-13-23(14-12-21)30(2,3)4)34-35-29(36)38-19-27(37)33-32-18-22-17-31-26-8-6-5-7-25(22)26/h5-18,31H,19H2,1-4H3,(H,33,37). The number of aromatic nitrogens is 4. The number of hydrogen-bond donors (Lipinski definition) is 2. The van der Waals surface area contributed by atoms with Crippen LogP contribution in [0.25, 0.3) is 28.0 Å². The van der Waals surface area contributed by atoms with E-state index >= 15 is 0 Å². The Balaban J connectivity index is 1.34. The van der Waals surface area contributed by atoms with E-state index < -0.39 is 0 Å². The molecule has 2 N–H and O–H groups in total. The van der Waals surface area contributed by atoms with E-state index in [1.807, 2.05) is 47.2 Å². The Kier molecular flexibility index (Phi) is 7.15. The molecule has 0 aliphatic rings. The summed E-state index contributed by atoms with van der Waals surface area (Å²) in [5.41, 5.74) is 8.94. The van der Waals surface area contributed by atoms with Gasteiger partial charge in [-0.25, -0.2) is 5.43 Å². The Bertz CT molecular complexity index is 1590. The van der Waals surface area contributed by atoms with Crippen LogP contribution in [0, 0.1) is 6.92 Å². The maximum atomic E-state index is 12.6. The van der Waals surface area contributed by atoms with Gasteiger partial charge in [-0.15, -0.1) is 10.2 Å². The van der Waals surface area contributed by atoms with Crippen LogP contribution >= 0.6 is 11.8 Å².